The van der Waals surface area contributed by atoms with Crippen LogP contribution in [0.4, 0.5) is 0 Å². The Bertz CT molecular complexity index is 294. The van der Waals surface area contributed by atoms with Crippen LogP contribution in [-0.2, 0) is 4.79 Å². The maximum atomic E-state index is 11.5. The summed E-state index contributed by atoms with van der Waals surface area (Å²) >= 11 is 0. The van der Waals surface area contributed by atoms with Crippen molar-refractivity contribution in [1.29, 1.82) is 0 Å². The molecular weight excluding hydrogens is 232 g/mol. The minimum Gasteiger partial charge on any atom is -0.391 e. The van der Waals surface area contributed by atoms with E-state index in [-0.39, 0.29) is 18.6 Å². The van der Waals surface area contributed by atoms with Gasteiger partial charge in [0.2, 0.25) is 5.91 Å². The lowest BCUT2D eigenvalue weighted by Gasteiger charge is -2.20. The van der Waals surface area contributed by atoms with E-state index in [1.54, 1.807) is 0 Å². The van der Waals surface area contributed by atoms with Gasteiger partial charge in [0, 0.05) is 26.2 Å². The summed E-state index contributed by atoms with van der Waals surface area (Å²) in [6.07, 6.45) is 1.39. The fourth-order valence-electron chi connectivity index (χ4n) is 1.83. The number of β-amino-alcohol motifs (C(OH)–C–C–N with tert-alkyl or cyclic N) is 1. The van der Waals surface area contributed by atoms with Crippen LogP contribution in [0.3, 0.4) is 0 Å². The quantitative estimate of drug-likeness (QED) is 0.460. The first-order valence-corrected chi connectivity index (χ1v) is 6.65. The van der Waals surface area contributed by atoms with Gasteiger partial charge in [0.15, 0.2) is 5.96 Å². The maximum absolute atomic E-state index is 11.5. The van der Waals surface area contributed by atoms with E-state index in [1.165, 1.54) is 0 Å². The molecule has 0 unspecified atom stereocenters. The van der Waals surface area contributed by atoms with Crippen LogP contribution in [0.5, 0.6) is 0 Å². The number of guanidine groups is 1. The van der Waals surface area contributed by atoms with Gasteiger partial charge >= 0.3 is 0 Å². The number of aliphatic hydroxyl groups is 1. The highest BCUT2D eigenvalue weighted by Crippen LogP contribution is 2.08. The summed E-state index contributed by atoms with van der Waals surface area (Å²) in [6, 6.07) is 0. The Morgan fingerprint density at radius 1 is 1.44 bits per heavy atom. The number of nitrogens with one attached hydrogen (secondary N) is 2. The van der Waals surface area contributed by atoms with Crippen LogP contribution >= 0.6 is 0 Å². The average Bonchev–Trinajstić information content (AvgIpc) is 2.78. The molecule has 3 N–H and O–H groups in total. The van der Waals surface area contributed by atoms with Gasteiger partial charge in [-0.15, -0.1) is 0 Å². The normalized spacial score (nSPS) is 20.1. The van der Waals surface area contributed by atoms with Crippen LogP contribution in [0.25, 0.3) is 0 Å². The zero-order chi connectivity index (χ0) is 13.4. The van der Waals surface area contributed by atoms with E-state index in [0.29, 0.717) is 19.0 Å². The van der Waals surface area contributed by atoms with Gasteiger partial charge in [-0.3, -0.25) is 4.79 Å². The molecule has 1 saturated heterocycles. The number of carbonyl (C=O) groups excluding carboxylic acids is 1. The van der Waals surface area contributed by atoms with Crippen molar-refractivity contribution in [2.75, 3.05) is 32.7 Å². The van der Waals surface area contributed by atoms with Crippen LogP contribution in [0.1, 0.15) is 26.7 Å². The third-order valence-electron chi connectivity index (χ3n) is 2.74. The molecule has 0 aliphatic carbocycles. The summed E-state index contributed by atoms with van der Waals surface area (Å²) in [7, 11) is 0. The molecule has 1 rings (SSSR count). The maximum Gasteiger partial charge on any atom is 0.241 e. The topological polar surface area (TPSA) is 77.0 Å². The first-order chi connectivity index (χ1) is 8.67. The molecule has 0 aromatic rings. The molecule has 0 radical (unpaired) electrons. The molecule has 6 nitrogen and oxygen atoms in total. The minimum atomic E-state index is -0.289. The van der Waals surface area contributed by atoms with Crippen molar-refractivity contribution in [3.8, 4) is 0 Å². The van der Waals surface area contributed by atoms with Crippen molar-refractivity contribution in [2.45, 2.75) is 32.8 Å². The first kappa shape index (κ1) is 14.8. The van der Waals surface area contributed by atoms with Crippen molar-refractivity contribution in [3.05, 3.63) is 0 Å². The monoisotopic (exact) mass is 256 g/mol. The molecule has 18 heavy (non-hydrogen) atoms. The van der Waals surface area contributed by atoms with E-state index in [9.17, 15) is 9.90 Å². The van der Waals surface area contributed by atoms with E-state index >= 15 is 0 Å². The Morgan fingerprint density at radius 2 is 2.22 bits per heavy atom. The Morgan fingerprint density at radius 3 is 2.78 bits per heavy atom. The zero-order valence-electron chi connectivity index (χ0n) is 11.3. The SMILES string of the molecule is CCCNC(=O)CN=C(NCC)N1CC[C@@H](O)C1. The smallest absolute Gasteiger partial charge is 0.241 e. The lowest BCUT2D eigenvalue weighted by molar-refractivity contribution is -0.119. The molecule has 1 fully saturated rings. The third kappa shape index (κ3) is 4.91. The summed E-state index contributed by atoms with van der Waals surface area (Å²) in [5.41, 5.74) is 0. The summed E-state index contributed by atoms with van der Waals surface area (Å²) in [5.74, 6) is 0.646. The lowest BCUT2D eigenvalue weighted by atomic mass is 10.3. The van der Waals surface area contributed by atoms with Crippen molar-refractivity contribution in [2.24, 2.45) is 4.99 Å². The van der Waals surface area contributed by atoms with Gasteiger partial charge in [0.25, 0.3) is 0 Å². The number of likely N-dealkylation sites (tertiary alicyclic amines) is 1. The van der Waals surface area contributed by atoms with Crippen molar-refractivity contribution >= 4 is 11.9 Å². The van der Waals surface area contributed by atoms with Crippen molar-refractivity contribution < 1.29 is 9.90 Å². The van der Waals surface area contributed by atoms with Gasteiger partial charge in [0.05, 0.1) is 6.10 Å². The van der Waals surface area contributed by atoms with Crippen LogP contribution in [0.2, 0.25) is 0 Å². The highest BCUT2D eigenvalue weighted by atomic mass is 16.3. The fourth-order valence-corrected chi connectivity index (χ4v) is 1.83. The molecule has 6 heteroatoms. The molecule has 0 saturated carbocycles. The van der Waals surface area contributed by atoms with Gasteiger partial charge < -0.3 is 20.6 Å². The molecule has 1 aliphatic rings. The summed E-state index contributed by atoms with van der Waals surface area (Å²) in [4.78, 5) is 17.8. The summed E-state index contributed by atoms with van der Waals surface area (Å²) in [6.45, 7) is 6.94. The van der Waals surface area contributed by atoms with E-state index in [2.05, 4.69) is 15.6 Å². The van der Waals surface area contributed by atoms with Gasteiger partial charge in [-0.05, 0) is 19.8 Å². The number of nitrogens with zero attached hydrogens (tertiary/aromatic N) is 2. The molecule has 0 spiro atoms. The van der Waals surface area contributed by atoms with Crippen LogP contribution in [0, 0.1) is 0 Å². The number of amides is 1. The predicted molar refractivity (Wildman–Crippen MR) is 71.5 cm³/mol. The Hall–Kier alpha value is -1.30. The van der Waals surface area contributed by atoms with E-state index < -0.39 is 0 Å². The number of hydrogen-bond donors (Lipinski definition) is 3. The largest absolute Gasteiger partial charge is 0.391 e. The van der Waals surface area contributed by atoms with Gasteiger partial charge in [-0.1, -0.05) is 6.92 Å². The molecule has 1 heterocycles. The van der Waals surface area contributed by atoms with Gasteiger partial charge in [-0.25, -0.2) is 4.99 Å². The van der Waals surface area contributed by atoms with Crippen LogP contribution < -0.4 is 10.6 Å². The second-order valence-electron chi connectivity index (χ2n) is 4.41. The molecule has 104 valence electrons. The lowest BCUT2D eigenvalue weighted by Crippen LogP contribution is -2.41. The third-order valence-corrected chi connectivity index (χ3v) is 2.74. The van der Waals surface area contributed by atoms with Crippen LogP contribution in [-0.4, -0.2) is 60.7 Å². The van der Waals surface area contributed by atoms with Crippen LogP contribution in [0.15, 0.2) is 4.99 Å². The van der Waals surface area contributed by atoms with E-state index in [0.717, 1.165) is 25.9 Å². The summed E-state index contributed by atoms with van der Waals surface area (Å²) in [5, 5.41) is 15.4. The van der Waals surface area contributed by atoms with E-state index in [1.807, 2.05) is 18.7 Å². The fraction of sp³-hybridized carbons (Fsp3) is 0.833. The molecule has 1 amide bonds. The summed E-state index contributed by atoms with van der Waals surface area (Å²) < 4.78 is 0. The molecule has 0 aromatic carbocycles. The molecule has 0 aromatic heterocycles. The molecular formula is C12H24N4O2. The standard InChI is InChI=1S/C12H24N4O2/c1-3-6-14-11(18)8-15-12(13-4-2)16-7-5-10(17)9-16/h10,17H,3-9H2,1-2H3,(H,13,15)(H,14,18)/t10-/m1/s1. The number of carbonyl (C=O) groups is 1. The minimum absolute atomic E-state index is 0.0630. The Balaban J connectivity index is 2.47. The van der Waals surface area contributed by atoms with Crippen molar-refractivity contribution in [3.63, 3.8) is 0 Å². The highest BCUT2D eigenvalue weighted by molar-refractivity contribution is 5.85. The number of rotatable bonds is 5. The van der Waals surface area contributed by atoms with Gasteiger partial charge in [0.1, 0.15) is 6.54 Å². The van der Waals surface area contributed by atoms with Gasteiger partial charge in [-0.2, -0.15) is 0 Å². The molecule has 1 atom stereocenters. The second kappa shape index (κ2) is 7.92. The Labute approximate surface area is 108 Å². The number of aliphatic imine (C=N–C) groups is 1. The van der Waals surface area contributed by atoms with E-state index in [4.69, 9.17) is 0 Å². The Kier molecular flexibility index (Phi) is 6.49. The van der Waals surface area contributed by atoms with Crippen molar-refractivity contribution in [1.82, 2.24) is 15.5 Å². The zero-order valence-corrected chi connectivity index (χ0v) is 11.3. The number of aliphatic hydroxyl groups excluding tert-OH is 1. The second-order valence-corrected chi connectivity index (χ2v) is 4.41. The first-order valence-electron chi connectivity index (χ1n) is 6.65. The predicted octanol–water partition coefficient (Wildman–Crippen LogP) is -0.455. The number of hydrogen-bond acceptors (Lipinski definition) is 3. The highest BCUT2D eigenvalue weighted by Gasteiger charge is 2.22. The molecule has 0 bridgehead atoms. The molecule has 1 aliphatic heterocycles. The average molecular weight is 256 g/mol.